The standard InChI is InChI=1S/C29H31FN4OS/c1-18(21-10-7-11-25-29(15-12-21)36-20(3)32-25)28(35)17-34-27(22-8-5-4-6-9-22)16-26(33-34)24-14-13-23(30)19(2)31-24/h4-6,8-9,13-14,16,18,21H,7,10-12,15,17H2,1-3H3. The van der Waals surface area contributed by atoms with Crippen LogP contribution in [0.5, 0.6) is 0 Å². The predicted octanol–water partition coefficient (Wildman–Crippen LogP) is 6.62. The molecule has 0 aliphatic heterocycles. The van der Waals surface area contributed by atoms with E-state index >= 15 is 0 Å². The van der Waals surface area contributed by atoms with E-state index in [9.17, 15) is 9.18 Å². The summed E-state index contributed by atoms with van der Waals surface area (Å²) in [6, 6.07) is 14.9. The maximum absolute atomic E-state index is 13.8. The van der Waals surface area contributed by atoms with E-state index in [0.717, 1.165) is 48.4 Å². The third kappa shape index (κ3) is 5.16. The van der Waals surface area contributed by atoms with E-state index in [1.54, 1.807) is 29.0 Å². The Kier molecular flexibility index (Phi) is 7.10. The first-order valence-corrected chi connectivity index (χ1v) is 13.5. The van der Waals surface area contributed by atoms with Crippen LogP contribution in [0.3, 0.4) is 0 Å². The third-order valence-electron chi connectivity index (χ3n) is 7.27. The molecule has 5 rings (SSSR count). The molecular formula is C29H31FN4OS. The average Bonchev–Trinajstić information content (AvgIpc) is 3.44. The number of rotatable bonds is 6. The number of ketones is 1. The normalized spacial score (nSPS) is 16.7. The number of fused-ring (bicyclic) bond motifs is 1. The zero-order valence-corrected chi connectivity index (χ0v) is 21.8. The molecule has 0 amide bonds. The lowest BCUT2D eigenvalue weighted by atomic mass is 9.81. The lowest BCUT2D eigenvalue weighted by molar-refractivity contribution is -0.124. The van der Waals surface area contributed by atoms with Gasteiger partial charge in [-0.2, -0.15) is 5.10 Å². The number of hydrogen-bond donors (Lipinski definition) is 0. The monoisotopic (exact) mass is 502 g/mol. The van der Waals surface area contributed by atoms with Crippen LogP contribution in [0.1, 0.15) is 47.5 Å². The highest BCUT2D eigenvalue weighted by molar-refractivity contribution is 7.11. The first-order chi connectivity index (χ1) is 17.4. The topological polar surface area (TPSA) is 60.7 Å². The van der Waals surface area contributed by atoms with Gasteiger partial charge in [0.1, 0.15) is 18.1 Å². The van der Waals surface area contributed by atoms with Crippen LogP contribution >= 0.6 is 11.3 Å². The summed E-state index contributed by atoms with van der Waals surface area (Å²) in [6.45, 7) is 5.99. The molecule has 2 atom stereocenters. The Balaban J connectivity index is 1.39. The van der Waals surface area contributed by atoms with E-state index in [0.29, 0.717) is 23.0 Å². The van der Waals surface area contributed by atoms with Gasteiger partial charge in [-0.05, 0) is 75.6 Å². The number of carbonyl (C=O) groups excluding carboxylic acids is 1. The molecule has 1 aromatic carbocycles. The van der Waals surface area contributed by atoms with Crippen molar-refractivity contribution < 1.29 is 9.18 Å². The van der Waals surface area contributed by atoms with Crippen molar-refractivity contribution >= 4 is 17.1 Å². The highest BCUT2D eigenvalue weighted by Crippen LogP contribution is 2.32. The Morgan fingerprint density at radius 1 is 1.08 bits per heavy atom. The number of benzene rings is 1. The van der Waals surface area contributed by atoms with Crippen LogP contribution in [0.25, 0.3) is 22.6 Å². The average molecular weight is 503 g/mol. The van der Waals surface area contributed by atoms with Gasteiger partial charge in [-0.1, -0.05) is 37.3 Å². The maximum Gasteiger partial charge on any atom is 0.157 e. The lowest BCUT2D eigenvalue weighted by Gasteiger charge is -2.25. The van der Waals surface area contributed by atoms with Crippen molar-refractivity contribution in [3.8, 4) is 22.6 Å². The van der Waals surface area contributed by atoms with E-state index in [2.05, 4.69) is 18.8 Å². The Bertz CT molecular complexity index is 1380. The molecule has 0 bridgehead atoms. The first-order valence-electron chi connectivity index (χ1n) is 12.6. The number of aryl methyl sites for hydroxylation is 4. The van der Waals surface area contributed by atoms with Crippen LogP contribution in [0.2, 0.25) is 0 Å². The Hall–Kier alpha value is -3.19. The van der Waals surface area contributed by atoms with E-state index in [-0.39, 0.29) is 24.1 Å². The van der Waals surface area contributed by atoms with E-state index in [1.165, 1.54) is 16.6 Å². The van der Waals surface area contributed by atoms with Crippen LogP contribution in [0.15, 0.2) is 48.5 Å². The molecule has 2 unspecified atom stereocenters. The molecule has 36 heavy (non-hydrogen) atoms. The number of nitrogens with zero attached hydrogens (tertiary/aromatic N) is 4. The molecule has 5 nitrogen and oxygen atoms in total. The van der Waals surface area contributed by atoms with Gasteiger partial charge in [0.25, 0.3) is 0 Å². The van der Waals surface area contributed by atoms with Crippen molar-refractivity contribution in [2.75, 3.05) is 0 Å². The number of hydrogen-bond acceptors (Lipinski definition) is 5. The summed E-state index contributed by atoms with van der Waals surface area (Å²) >= 11 is 1.80. The van der Waals surface area contributed by atoms with Gasteiger partial charge < -0.3 is 0 Å². The summed E-state index contributed by atoms with van der Waals surface area (Å²) in [5, 5.41) is 5.90. The number of thiazole rings is 1. The quantitative estimate of drug-likeness (QED) is 0.297. The summed E-state index contributed by atoms with van der Waals surface area (Å²) in [7, 11) is 0. The molecule has 0 fully saturated rings. The first kappa shape index (κ1) is 24.5. The van der Waals surface area contributed by atoms with Crippen LogP contribution in [-0.2, 0) is 24.2 Å². The van der Waals surface area contributed by atoms with Gasteiger partial charge >= 0.3 is 0 Å². The molecular weight excluding hydrogens is 471 g/mol. The fraction of sp³-hybridized carbons (Fsp3) is 0.379. The summed E-state index contributed by atoms with van der Waals surface area (Å²) in [6.07, 6.45) is 5.12. The highest BCUT2D eigenvalue weighted by atomic mass is 32.1. The number of aromatic nitrogens is 4. The number of carbonyl (C=O) groups is 1. The molecule has 3 heterocycles. The molecule has 1 aliphatic carbocycles. The summed E-state index contributed by atoms with van der Waals surface area (Å²) in [5.74, 6) is 0.148. The van der Waals surface area contributed by atoms with Crippen molar-refractivity contribution in [2.45, 2.75) is 59.4 Å². The second-order valence-electron chi connectivity index (χ2n) is 9.75. The molecule has 0 spiro atoms. The molecule has 7 heteroatoms. The zero-order valence-electron chi connectivity index (χ0n) is 21.0. The van der Waals surface area contributed by atoms with Crippen molar-refractivity contribution in [1.82, 2.24) is 19.7 Å². The predicted molar refractivity (Wildman–Crippen MR) is 141 cm³/mol. The lowest BCUT2D eigenvalue weighted by Crippen LogP contribution is -2.27. The van der Waals surface area contributed by atoms with Crippen LogP contribution in [0.4, 0.5) is 4.39 Å². The smallest absolute Gasteiger partial charge is 0.157 e. The van der Waals surface area contributed by atoms with Gasteiger partial charge in [0.15, 0.2) is 5.78 Å². The summed E-state index contributed by atoms with van der Waals surface area (Å²) in [4.78, 5) is 24.0. The van der Waals surface area contributed by atoms with Crippen LogP contribution in [-0.4, -0.2) is 25.5 Å². The molecule has 186 valence electrons. The summed E-state index contributed by atoms with van der Waals surface area (Å²) < 4.78 is 15.6. The van der Waals surface area contributed by atoms with Crippen LogP contribution in [0, 0.1) is 31.5 Å². The van der Waals surface area contributed by atoms with Crippen molar-refractivity contribution in [2.24, 2.45) is 11.8 Å². The largest absolute Gasteiger partial charge is 0.297 e. The number of pyridine rings is 1. The minimum absolute atomic E-state index is 0.0527. The number of halogens is 1. The van der Waals surface area contributed by atoms with Gasteiger partial charge in [0.05, 0.1) is 27.8 Å². The van der Waals surface area contributed by atoms with E-state index in [4.69, 9.17) is 10.1 Å². The Morgan fingerprint density at radius 3 is 2.67 bits per heavy atom. The SMILES string of the molecule is Cc1nc2c(s1)CCC(C(C)C(=O)Cn1nc(-c3ccc(F)c(C)n3)cc1-c1ccccc1)CCC2. The van der Waals surface area contributed by atoms with Gasteiger partial charge in [-0.25, -0.2) is 14.4 Å². The van der Waals surface area contributed by atoms with Crippen molar-refractivity contribution in [3.63, 3.8) is 0 Å². The van der Waals surface area contributed by atoms with Crippen molar-refractivity contribution in [3.05, 3.63) is 75.6 Å². The molecule has 0 radical (unpaired) electrons. The fourth-order valence-corrected chi connectivity index (χ4v) is 6.14. The Labute approximate surface area is 215 Å². The molecule has 4 aromatic rings. The van der Waals surface area contributed by atoms with Crippen LogP contribution < -0.4 is 0 Å². The van der Waals surface area contributed by atoms with E-state index in [1.807, 2.05) is 36.4 Å². The highest BCUT2D eigenvalue weighted by Gasteiger charge is 2.27. The zero-order chi connectivity index (χ0) is 25.2. The van der Waals surface area contributed by atoms with Crippen molar-refractivity contribution in [1.29, 1.82) is 0 Å². The molecule has 0 saturated heterocycles. The van der Waals surface area contributed by atoms with Gasteiger partial charge in [-0.3, -0.25) is 9.48 Å². The minimum Gasteiger partial charge on any atom is -0.297 e. The van der Waals surface area contributed by atoms with Gasteiger partial charge in [-0.15, -0.1) is 11.3 Å². The maximum atomic E-state index is 13.8. The molecule has 0 N–H and O–H groups in total. The van der Waals surface area contributed by atoms with E-state index < -0.39 is 0 Å². The van der Waals surface area contributed by atoms with Gasteiger partial charge in [0, 0.05) is 10.8 Å². The summed E-state index contributed by atoms with van der Waals surface area (Å²) in [5.41, 5.74) is 4.66. The van der Waals surface area contributed by atoms with Gasteiger partial charge in [0.2, 0.25) is 0 Å². The fourth-order valence-electron chi connectivity index (χ4n) is 5.14. The minimum atomic E-state index is -0.342. The number of Topliss-reactive ketones (excluding diaryl/α,β-unsaturated/α-hetero) is 1. The third-order valence-corrected chi connectivity index (χ3v) is 8.34. The molecule has 1 aliphatic rings. The molecule has 3 aromatic heterocycles. The second kappa shape index (κ2) is 10.4. The second-order valence-corrected chi connectivity index (χ2v) is 11.0. The molecule has 0 saturated carbocycles. The Morgan fingerprint density at radius 2 is 1.89 bits per heavy atom.